The molecule has 0 saturated heterocycles. The highest BCUT2D eigenvalue weighted by Gasteiger charge is 2.10. The van der Waals surface area contributed by atoms with Gasteiger partial charge in [0.05, 0.1) is 13.3 Å². The number of hydrogen-bond acceptors (Lipinski definition) is 6. The molecule has 2 aromatic rings. The normalized spacial score (nSPS) is 10.2. The van der Waals surface area contributed by atoms with Gasteiger partial charge in [-0.1, -0.05) is 11.3 Å². The van der Waals surface area contributed by atoms with Crippen LogP contribution in [0.2, 0.25) is 0 Å². The van der Waals surface area contributed by atoms with E-state index in [0.29, 0.717) is 10.0 Å². The second-order valence-corrected chi connectivity index (χ2v) is 5.40. The van der Waals surface area contributed by atoms with Crippen molar-refractivity contribution in [1.82, 2.24) is 4.98 Å². The second-order valence-electron chi connectivity index (χ2n) is 4.37. The molecule has 1 aromatic carbocycles. The second kappa shape index (κ2) is 7.08. The summed E-state index contributed by atoms with van der Waals surface area (Å²) in [5, 5.41) is 3.86. The van der Waals surface area contributed by atoms with E-state index in [2.05, 4.69) is 45.9 Å². The van der Waals surface area contributed by atoms with Crippen LogP contribution in [0.3, 0.4) is 0 Å². The van der Waals surface area contributed by atoms with E-state index in [-0.39, 0.29) is 5.97 Å². The van der Waals surface area contributed by atoms with E-state index in [1.54, 1.807) is 0 Å². The predicted octanol–water partition coefficient (Wildman–Crippen LogP) is 3.52. The molecule has 0 aliphatic carbocycles. The number of hydrogen-bond donors (Lipinski definition) is 1. The summed E-state index contributed by atoms with van der Waals surface area (Å²) in [6, 6.07) is 8.16. The van der Waals surface area contributed by atoms with Gasteiger partial charge in [-0.15, -0.1) is 0 Å². The highest BCUT2D eigenvalue weighted by molar-refractivity contribution is 7.17. The molecule has 0 bridgehead atoms. The van der Waals surface area contributed by atoms with Crippen molar-refractivity contribution in [3.8, 4) is 0 Å². The van der Waals surface area contributed by atoms with Gasteiger partial charge in [0.25, 0.3) is 0 Å². The molecule has 0 spiro atoms. The molecule has 0 atom stereocenters. The van der Waals surface area contributed by atoms with Crippen molar-refractivity contribution in [3.05, 3.63) is 35.3 Å². The number of esters is 1. The number of benzene rings is 1. The summed E-state index contributed by atoms with van der Waals surface area (Å²) in [5.74, 6) is -0.363. The molecular formula is C15H19N3O2S. The third-order valence-electron chi connectivity index (χ3n) is 3.14. The minimum Gasteiger partial charge on any atom is -0.465 e. The number of ether oxygens (including phenoxy) is 1. The average Bonchev–Trinajstić information content (AvgIpc) is 2.98. The molecule has 5 nitrogen and oxygen atoms in total. The first kappa shape index (κ1) is 15.3. The zero-order chi connectivity index (χ0) is 15.2. The number of thiazole rings is 1. The lowest BCUT2D eigenvalue weighted by atomic mass is 10.2. The summed E-state index contributed by atoms with van der Waals surface area (Å²) in [4.78, 5) is 18.3. The third-order valence-corrected chi connectivity index (χ3v) is 4.03. The highest BCUT2D eigenvalue weighted by Crippen LogP contribution is 2.24. The molecule has 0 amide bonds. The highest BCUT2D eigenvalue weighted by atomic mass is 32.1. The summed E-state index contributed by atoms with van der Waals surface area (Å²) in [7, 11) is 1.36. The molecule has 0 unspecified atom stereocenters. The van der Waals surface area contributed by atoms with Crippen LogP contribution in [0, 0.1) is 0 Å². The Morgan fingerprint density at radius 3 is 2.52 bits per heavy atom. The zero-order valence-electron chi connectivity index (χ0n) is 12.4. The zero-order valence-corrected chi connectivity index (χ0v) is 13.2. The predicted molar refractivity (Wildman–Crippen MR) is 86.7 cm³/mol. The molecule has 112 valence electrons. The van der Waals surface area contributed by atoms with Gasteiger partial charge >= 0.3 is 5.97 Å². The molecule has 0 fully saturated rings. The van der Waals surface area contributed by atoms with Gasteiger partial charge in [0.2, 0.25) is 0 Å². The molecule has 1 N–H and O–H groups in total. The van der Waals surface area contributed by atoms with Crippen molar-refractivity contribution in [2.24, 2.45) is 0 Å². The number of carbonyl (C=O) groups is 1. The van der Waals surface area contributed by atoms with Gasteiger partial charge in [0, 0.05) is 24.5 Å². The molecule has 21 heavy (non-hydrogen) atoms. The fourth-order valence-electron chi connectivity index (χ4n) is 1.99. The van der Waals surface area contributed by atoms with Gasteiger partial charge in [-0.25, -0.2) is 9.78 Å². The van der Waals surface area contributed by atoms with E-state index < -0.39 is 0 Å². The number of aromatic nitrogens is 1. The van der Waals surface area contributed by atoms with Crippen LogP contribution in [0.15, 0.2) is 30.5 Å². The summed E-state index contributed by atoms with van der Waals surface area (Å²) in [6.45, 7) is 6.25. The Morgan fingerprint density at radius 1 is 1.29 bits per heavy atom. The van der Waals surface area contributed by atoms with Crippen LogP contribution in [0.25, 0.3) is 0 Å². The summed E-state index contributed by atoms with van der Waals surface area (Å²) in [6.07, 6.45) is 1.52. The van der Waals surface area contributed by atoms with Gasteiger partial charge < -0.3 is 15.0 Å². The maximum atomic E-state index is 11.4. The van der Waals surface area contributed by atoms with Crippen molar-refractivity contribution in [2.75, 3.05) is 30.4 Å². The van der Waals surface area contributed by atoms with Gasteiger partial charge in [-0.05, 0) is 38.1 Å². The maximum Gasteiger partial charge on any atom is 0.349 e. The van der Waals surface area contributed by atoms with Crippen LogP contribution < -0.4 is 10.2 Å². The first-order valence-electron chi connectivity index (χ1n) is 6.84. The molecule has 1 heterocycles. The van der Waals surface area contributed by atoms with E-state index in [0.717, 1.165) is 18.8 Å². The van der Waals surface area contributed by atoms with Gasteiger partial charge in [-0.2, -0.15) is 0 Å². The first-order chi connectivity index (χ1) is 10.2. The fraction of sp³-hybridized carbons (Fsp3) is 0.333. The minimum absolute atomic E-state index is 0.363. The first-order valence-corrected chi connectivity index (χ1v) is 7.65. The number of anilines is 3. The quantitative estimate of drug-likeness (QED) is 0.828. The monoisotopic (exact) mass is 305 g/mol. The van der Waals surface area contributed by atoms with E-state index in [4.69, 9.17) is 0 Å². The van der Waals surface area contributed by atoms with Gasteiger partial charge in [0.1, 0.15) is 4.88 Å². The average molecular weight is 305 g/mol. The minimum atomic E-state index is -0.363. The van der Waals surface area contributed by atoms with Crippen molar-refractivity contribution < 1.29 is 9.53 Å². The molecule has 0 radical (unpaired) electrons. The lowest BCUT2D eigenvalue weighted by Gasteiger charge is -2.21. The Balaban J connectivity index is 2.06. The van der Waals surface area contributed by atoms with Crippen LogP contribution in [-0.4, -0.2) is 31.2 Å². The Morgan fingerprint density at radius 2 is 1.95 bits per heavy atom. The summed E-state index contributed by atoms with van der Waals surface area (Å²) < 4.78 is 4.66. The molecule has 0 saturated carbocycles. The number of nitrogens with one attached hydrogen (secondary N) is 1. The van der Waals surface area contributed by atoms with Crippen molar-refractivity contribution in [2.45, 2.75) is 13.8 Å². The van der Waals surface area contributed by atoms with E-state index in [1.165, 1.54) is 30.3 Å². The molecule has 1 aromatic heterocycles. The molecule has 0 aliphatic rings. The number of carbonyl (C=O) groups excluding carboxylic acids is 1. The molecule has 6 heteroatoms. The molecule has 0 aliphatic heterocycles. The largest absolute Gasteiger partial charge is 0.465 e. The van der Waals surface area contributed by atoms with Gasteiger partial charge in [-0.3, -0.25) is 0 Å². The number of nitrogens with zero attached hydrogens (tertiary/aromatic N) is 2. The van der Waals surface area contributed by atoms with Crippen LogP contribution in [0.4, 0.5) is 16.5 Å². The van der Waals surface area contributed by atoms with E-state index in [1.807, 2.05) is 12.1 Å². The number of methoxy groups -OCH3 is 1. The standard InChI is InChI=1S/C15H19N3O2S/c1-4-18(5-2)12-8-6-11(7-9-12)17-15-16-10-13(21-15)14(19)20-3/h6-10H,4-5H2,1-3H3,(H,16,17). The van der Waals surface area contributed by atoms with Crippen molar-refractivity contribution in [3.63, 3.8) is 0 Å². The molecule has 2 rings (SSSR count). The Labute approximate surface area is 128 Å². The fourth-order valence-corrected chi connectivity index (χ4v) is 2.75. The maximum absolute atomic E-state index is 11.4. The third kappa shape index (κ3) is 3.72. The smallest absolute Gasteiger partial charge is 0.349 e. The van der Waals surface area contributed by atoms with Crippen LogP contribution in [-0.2, 0) is 4.74 Å². The van der Waals surface area contributed by atoms with Crippen LogP contribution >= 0.6 is 11.3 Å². The topological polar surface area (TPSA) is 54.5 Å². The number of rotatable bonds is 6. The van der Waals surface area contributed by atoms with E-state index >= 15 is 0 Å². The Bertz CT molecular complexity index is 591. The summed E-state index contributed by atoms with van der Waals surface area (Å²) in [5.41, 5.74) is 2.14. The van der Waals surface area contributed by atoms with Crippen molar-refractivity contribution >= 4 is 33.8 Å². The molecular weight excluding hydrogens is 286 g/mol. The lowest BCUT2D eigenvalue weighted by Crippen LogP contribution is -2.21. The Hall–Kier alpha value is -2.08. The lowest BCUT2D eigenvalue weighted by molar-refractivity contribution is 0.0606. The van der Waals surface area contributed by atoms with Crippen LogP contribution in [0.5, 0.6) is 0 Å². The SMILES string of the molecule is CCN(CC)c1ccc(Nc2ncc(C(=O)OC)s2)cc1. The van der Waals surface area contributed by atoms with Crippen LogP contribution in [0.1, 0.15) is 23.5 Å². The van der Waals surface area contributed by atoms with Gasteiger partial charge in [0.15, 0.2) is 5.13 Å². The van der Waals surface area contributed by atoms with E-state index in [9.17, 15) is 4.79 Å². The Kier molecular flexibility index (Phi) is 5.16. The summed E-state index contributed by atoms with van der Waals surface area (Å²) >= 11 is 1.27. The van der Waals surface area contributed by atoms with Crippen molar-refractivity contribution in [1.29, 1.82) is 0 Å².